The molecule has 0 spiro atoms. The van der Waals surface area contributed by atoms with Gasteiger partial charge in [0.05, 0.1) is 20.1 Å². The standard InChI is InChI=1S/C16H23NO3/c1-19-15-7-5-13(6-8-15)9-11-17-10-3-4-14(12-17)16(18)20-2/h5-8,14H,3-4,9-12H2,1-2H3/t14-/m0/s1. The van der Waals surface area contributed by atoms with E-state index in [1.807, 2.05) is 12.1 Å². The number of esters is 1. The highest BCUT2D eigenvalue weighted by Crippen LogP contribution is 2.18. The zero-order valence-corrected chi connectivity index (χ0v) is 12.3. The number of carbonyl (C=O) groups excluding carboxylic acids is 1. The van der Waals surface area contributed by atoms with E-state index in [0.29, 0.717) is 0 Å². The van der Waals surface area contributed by atoms with Gasteiger partial charge in [-0.25, -0.2) is 0 Å². The molecule has 1 aliphatic heterocycles. The van der Waals surface area contributed by atoms with Gasteiger partial charge in [-0.1, -0.05) is 12.1 Å². The fraction of sp³-hybridized carbons (Fsp3) is 0.562. The van der Waals surface area contributed by atoms with E-state index in [-0.39, 0.29) is 11.9 Å². The molecule has 4 heteroatoms. The lowest BCUT2D eigenvalue weighted by Crippen LogP contribution is -2.40. The van der Waals surface area contributed by atoms with Crippen molar-refractivity contribution in [3.63, 3.8) is 0 Å². The van der Waals surface area contributed by atoms with Gasteiger partial charge in [0.15, 0.2) is 0 Å². The lowest BCUT2D eigenvalue weighted by Gasteiger charge is -2.31. The average molecular weight is 277 g/mol. The molecular weight excluding hydrogens is 254 g/mol. The van der Waals surface area contributed by atoms with Crippen LogP contribution in [0.3, 0.4) is 0 Å². The van der Waals surface area contributed by atoms with Gasteiger partial charge in [0.1, 0.15) is 5.75 Å². The maximum atomic E-state index is 11.6. The third kappa shape index (κ3) is 3.97. The smallest absolute Gasteiger partial charge is 0.309 e. The maximum absolute atomic E-state index is 11.6. The maximum Gasteiger partial charge on any atom is 0.309 e. The summed E-state index contributed by atoms with van der Waals surface area (Å²) in [5.74, 6) is 0.862. The molecule has 2 rings (SSSR count). The predicted molar refractivity (Wildman–Crippen MR) is 77.9 cm³/mol. The summed E-state index contributed by atoms with van der Waals surface area (Å²) in [7, 11) is 3.15. The van der Waals surface area contributed by atoms with Crippen LogP contribution in [0.15, 0.2) is 24.3 Å². The molecule has 20 heavy (non-hydrogen) atoms. The van der Waals surface area contributed by atoms with Crippen molar-refractivity contribution < 1.29 is 14.3 Å². The van der Waals surface area contributed by atoms with Gasteiger partial charge < -0.3 is 14.4 Å². The fourth-order valence-corrected chi connectivity index (χ4v) is 2.70. The van der Waals surface area contributed by atoms with E-state index in [0.717, 1.165) is 44.6 Å². The van der Waals surface area contributed by atoms with Crippen LogP contribution in [-0.4, -0.2) is 44.7 Å². The molecule has 1 atom stereocenters. The minimum absolute atomic E-state index is 0.0459. The second-order valence-corrected chi connectivity index (χ2v) is 5.26. The van der Waals surface area contributed by atoms with Gasteiger partial charge in [-0.3, -0.25) is 4.79 Å². The number of rotatable bonds is 5. The molecule has 0 bridgehead atoms. The molecule has 0 N–H and O–H groups in total. The van der Waals surface area contributed by atoms with Crippen molar-refractivity contribution in [3.05, 3.63) is 29.8 Å². The topological polar surface area (TPSA) is 38.8 Å². The third-order valence-corrected chi connectivity index (χ3v) is 3.92. The van der Waals surface area contributed by atoms with Crippen LogP contribution >= 0.6 is 0 Å². The van der Waals surface area contributed by atoms with Gasteiger partial charge in [-0.05, 0) is 43.5 Å². The second-order valence-electron chi connectivity index (χ2n) is 5.26. The van der Waals surface area contributed by atoms with Crippen molar-refractivity contribution in [1.82, 2.24) is 4.90 Å². The molecule has 4 nitrogen and oxygen atoms in total. The van der Waals surface area contributed by atoms with Crippen molar-refractivity contribution in [1.29, 1.82) is 0 Å². The van der Waals surface area contributed by atoms with E-state index < -0.39 is 0 Å². The Balaban J connectivity index is 1.82. The van der Waals surface area contributed by atoms with Crippen molar-refractivity contribution in [3.8, 4) is 5.75 Å². The first-order valence-corrected chi connectivity index (χ1v) is 7.16. The van der Waals surface area contributed by atoms with Crippen LogP contribution in [0, 0.1) is 5.92 Å². The molecule has 0 saturated carbocycles. The molecule has 0 radical (unpaired) electrons. The molecule has 0 unspecified atom stereocenters. The number of nitrogens with zero attached hydrogens (tertiary/aromatic N) is 1. The molecule has 1 aliphatic rings. The Morgan fingerprint density at radius 2 is 2.05 bits per heavy atom. The van der Waals surface area contributed by atoms with Crippen LogP contribution < -0.4 is 4.74 Å². The zero-order valence-electron chi connectivity index (χ0n) is 12.3. The summed E-state index contributed by atoms with van der Waals surface area (Å²) in [6.45, 7) is 2.88. The van der Waals surface area contributed by atoms with Gasteiger partial charge >= 0.3 is 5.97 Å². The summed E-state index contributed by atoms with van der Waals surface area (Å²) >= 11 is 0. The van der Waals surface area contributed by atoms with E-state index in [1.165, 1.54) is 12.7 Å². The van der Waals surface area contributed by atoms with E-state index in [9.17, 15) is 4.79 Å². The van der Waals surface area contributed by atoms with Gasteiger partial charge in [0, 0.05) is 13.1 Å². The highest BCUT2D eigenvalue weighted by molar-refractivity contribution is 5.72. The summed E-state index contributed by atoms with van der Waals surface area (Å²) in [4.78, 5) is 14.0. The summed E-state index contributed by atoms with van der Waals surface area (Å²) in [6, 6.07) is 8.17. The van der Waals surface area contributed by atoms with Crippen LogP contribution in [-0.2, 0) is 16.0 Å². The van der Waals surface area contributed by atoms with Gasteiger partial charge in [0.2, 0.25) is 0 Å². The van der Waals surface area contributed by atoms with Gasteiger partial charge in [0.25, 0.3) is 0 Å². The Bertz CT molecular complexity index is 430. The number of methoxy groups -OCH3 is 2. The monoisotopic (exact) mass is 277 g/mol. The quantitative estimate of drug-likeness (QED) is 0.773. The molecule has 1 fully saturated rings. The third-order valence-electron chi connectivity index (χ3n) is 3.92. The number of hydrogen-bond donors (Lipinski definition) is 0. The van der Waals surface area contributed by atoms with Gasteiger partial charge in [-0.15, -0.1) is 0 Å². The molecule has 1 saturated heterocycles. The molecule has 110 valence electrons. The first-order valence-electron chi connectivity index (χ1n) is 7.16. The molecule has 1 aromatic carbocycles. The fourth-order valence-electron chi connectivity index (χ4n) is 2.70. The lowest BCUT2D eigenvalue weighted by molar-refractivity contribution is -0.147. The van der Waals surface area contributed by atoms with Crippen LogP contribution in [0.1, 0.15) is 18.4 Å². The van der Waals surface area contributed by atoms with E-state index in [1.54, 1.807) is 7.11 Å². The minimum atomic E-state index is -0.0702. The number of likely N-dealkylation sites (tertiary alicyclic amines) is 1. The second kappa shape index (κ2) is 7.29. The lowest BCUT2D eigenvalue weighted by atomic mass is 9.98. The molecule has 1 aromatic rings. The molecular formula is C16H23NO3. The summed E-state index contributed by atoms with van der Waals surface area (Å²) in [5.41, 5.74) is 1.30. The number of hydrogen-bond acceptors (Lipinski definition) is 4. The Kier molecular flexibility index (Phi) is 5.41. The Labute approximate surface area is 120 Å². The Hall–Kier alpha value is -1.55. The molecule has 0 aliphatic carbocycles. The van der Waals surface area contributed by atoms with Gasteiger partial charge in [-0.2, -0.15) is 0 Å². The SMILES string of the molecule is COC(=O)[C@H]1CCCN(CCc2ccc(OC)cc2)C1. The molecule has 1 heterocycles. The van der Waals surface area contributed by atoms with Crippen molar-refractivity contribution in [2.45, 2.75) is 19.3 Å². The van der Waals surface area contributed by atoms with Crippen LogP contribution in [0.4, 0.5) is 0 Å². The van der Waals surface area contributed by atoms with Crippen LogP contribution in [0.5, 0.6) is 5.75 Å². The van der Waals surface area contributed by atoms with Crippen molar-refractivity contribution in [2.75, 3.05) is 33.9 Å². The summed E-state index contributed by atoms with van der Waals surface area (Å²) in [6.07, 6.45) is 3.02. The number of ether oxygens (including phenoxy) is 2. The zero-order chi connectivity index (χ0) is 14.4. The summed E-state index contributed by atoms with van der Waals surface area (Å²) < 4.78 is 10.0. The van der Waals surface area contributed by atoms with Crippen LogP contribution in [0.2, 0.25) is 0 Å². The number of carbonyl (C=O) groups is 1. The Morgan fingerprint density at radius 3 is 2.70 bits per heavy atom. The molecule has 0 amide bonds. The van der Waals surface area contributed by atoms with Crippen LogP contribution in [0.25, 0.3) is 0 Å². The highest BCUT2D eigenvalue weighted by Gasteiger charge is 2.25. The van der Waals surface area contributed by atoms with E-state index >= 15 is 0 Å². The number of piperidine rings is 1. The van der Waals surface area contributed by atoms with E-state index in [4.69, 9.17) is 9.47 Å². The summed E-state index contributed by atoms with van der Waals surface area (Å²) in [5, 5.41) is 0. The first kappa shape index (κ1) is 14.9. The average Bonchev–Trinajstić information content (AvgIpc) is 2.53. The largest absolute Gasteiger partial charge is 0.497 e. The number of benzene rings is 1. The Morgan fingerprint density at radius 1 is 1.30 bits per heavy atom. The predicted octanol–water partition coefficient (Wildman–Crippen LogP) is 2.12. The van der Waals surface area contributed by atoms with E-state index in [2.05, 4.69) is 17.0 Å². The normalized spacial score (nSPS) is 19.6. The first-order chi connectivity index (χ1) is 9.72. The van der Waals surface area contributed by atoms with Crippen molar-refractivity contribution >= 4 is 5.97 Å². The molecule has 0 aromatic heterocycles. The van der Waals surface area contributed by atoms with Crippen molar-refractivity contribution in [2.24, 2.45) is 5.92 Å². The minimum Gasteiger partial charge on any atom is -0.497 e. The highest BCUT2D eigenvalue weighted by atomic mass is 16.5.